The zero-order valence-electron chi connectivity index (χ0n) is 13.4. The second kappa shape index (κ2) is 9.02. The van der Waals surface area contributed by atoms with Crippen molar-refractivity contribution >= 4 is 34.6 Å². The van der Waals surface area contributed by atoms with Crippen LogP contribution in [0.2, 0.25) is 0 Å². The number of hydrogen-bond donors (Lipinski definition) is 0. The third kappa shape index (κ3) is 5.05. The summed E-state index contributed by atoms with van der Waals surface area (Å²) in [5.41, 5.74) is -0.362. The highest BCUT2D eigenvalue weighted by Gasteiger charge is 2.30. The number of hydrogen-bond acceptors (Lipinski definition) is 7. The van der Waals surface area contributed by atoms with Gasteiger partial charge in [0.15, 0.2) is 5.69 Å². The van der Waals surface area contributed by atoms with Gasteiger partial charge in [0.2, 0.25) is 0 Å². The Bertz CT molecular complexity index is 602. The maximum Gasteiger partial charge on any atom is 0.320 e. The number of rotatable bonds is 9. The average Bonchev–Trinajstić information content (AvgIpc) is 2.52. The van der Waals surface area contributed by atoms with Crippen LogP contribution >= 0.6 is 11.6 Å². The second-order valence-corrected chi connectivity index (χ2v) is 5.27. The maximum atomic E-state index is 11.3. The minimum absolute atomic E-state index is 0.0757. The molecule has 24 heavy (non-hydrogen) atoms. The van der Waals surface area contributed by atoms with Crippen molar-refractivity contribution < 1.29 is 19.4 Å². The van der Waals surface area contributed by atoms with Gasteiger partial charge < -0.3 is 9.64 Å². The third-order valence-corrected chi connectivity index (χ3v) is 3.37. The standard InChI is InChI=1S/C14H18ClN3O6/c1-3-4-16(5-6-24-13(19)9-15)14-11(17(20)21)7-10(2)8-12(14)18(22)23/h7-8H,3-6,9H2,1-2H3. The summed E-state index contributed by atoms with van der Waals surface area (Å²) in [6.07, 6.45) is 0.603. The lowest BCUT2D eigenvalue weighted by Crippen LogP contribution is -2.30. The molecule has 0 aliphatic rings. The normalized spacial score (nSPS) is 10.3. The van der Waals surface area contributed by atoms with E-state index in [1.807, 2.05) is 6.92 Å². The van der Waals surface area contributed by atoms with Crippen LogP contribution in [0.4, 0.5) is 17.1 Å². The molecule has 0 aliphatic carbocycles. The molecular weight excluding hydrogens is 342 g/mol. The van der Waals surface area contributed by atoms with Gasteiger partial charge in [0, 0.05) is 18.7 Å². The highest BCUT2D eigenvalue weighted by atomic mass is 35.5. The molecule has 0 N–H and O–H groups in total. The summed E-state index contributed by atoms with van der Waals surface area (Å²) < 4.78 is 4.86. The Hall–Kier alpha value is -2.42. The number of nitro benzene ring substituents is 2. The van der Waals surface area contributed by atoms with Crippen LogP contribution in [0.25, 0.3) is 0 Å². The van der Waals surface area contributed by atoms with Gasteiger partial charge in [-0.2, -0.15) is 0 Å². The van der Waals surface area contributed by atoms with Gasteiger partial charge in [-0.05, 0) is 18.9 Å². The van der Waals surface area contributed by atoms with Crippen molar-refractivity contribution in [2.75, 3.05) is 30.5 Å². The van der Waals surface area contributed by atoms with E-state index in [1.165, 1.54) is 17.0 Å². The predicted octanol–water partition coefficient (Wildman–Crippen LogP) is 2.81. The van der Waals surface area contributed by atoms with Crippen LogP contribution in [0, 0.1) is 27.2 Å². The number of carbonyl (C=O) groups excluding carboxylic acids is 1. The number of alkyl halides is 1. The number of halogens is 1. The summed E-state index contributed by atoms with van der Waals surface area (Å²) in [6.45, 7) is 3.73. The number of benzene rings is 1. The molecule has 0 radical (unpaired) electrons. The van der Waals surface area contributed by atoms with Gasteiger partial charge in [0.05, 0.1) is 16.4 Å². The fourth-order valence-corrected chi connectivity index (χ4v) is 2.33. The molecular formula is C14H18ClN3O6. The van der Waals surface area contributed by atoms with Gasteiger partial charge in [0.25, 0.3) is 11.4 Å². The van der Waals surface area contributed by atoms with E-state index in [9.17, 15) is 25.0 Å². The molecule has 1 aromatic rings. The highest BCUT2D eigenvalue weighted by molar-refractivity contribution is 6.26. The average molecular weight is 360 g/mol. The lowest BCUT2D eigenvalue weighted by Gasteiger charge is -2.23. The van der Waals surface area contributed by atoms with E-state index >= 15 is 0 Å². The topological polar surface area (TPSA) is 116 Å². The largest absolute Gasteiger partial charge is 0.463 e. The zero-order valence-corrected chi connectivity index (χ0v) is 14.1. The van der Waals surface area contributed by atoms with E-state index < -0.39 is 15.8 Å². The number of nitro groups is 2. The van der Waals surface area contributed by atoms with Crippen molar-refractivity contribution in [3.8, 4) is 0 Å². The van der Waals surface area contributed by atoms with Crippen molar-refractivity contribution in [3.05, 3.63) is 37.9 Å². The molecule has 0 saturated carbocycles. The fraction of sp³-hybridized carbons (Fsp3) is 0.500. The SMILES string of the molecule is CCCN(CCOC(=O)CCl)c1c([N+](=O)[O-])cc(C)cc1[N+](=O)[O-]. The molecule has 0 aliphatic heterocycles. The van der Waals surface area contributed by atoms with Crippen molar-refractivity contribution in [1.82, 2.24) is 0 Å². The molecule has 10 heteroatoms. The van der Waals surface area contributed by atoms with Gasteiger partial charge in [-0.15, -0.1) is 11.6 Å². The van der Waals surface area contributed by atoms with E-state index in [0.717, 1.165) is 0 Å². The van der Waals surface area contributed by atoms with Crippen molar-refractivity contribution in [2.45, 2.75) is 20.3 Å². The molecule has 0 atom stereocenters. The number of nitrogens with zero attached hydrogens (tertiary/aromatic N) is 3. The van der Waals surface area contributed by atoms with Crippen LogP contribution in [0.1, 0.15) is 18.9 Å². The lowest BCUT2D eigenvalue weighted by atomic mass is 10.1. The first kappa shape index (κ1) is 19.6. The molecule has 9 nitrogen and oxygen atoms in total. The Morgan fingerprint density at radius 3 is 2.17 bits per heavy atom. The van der Waals surface area contributed by atoms with Gasteiger partial charge in [-0.1, -0.05) is 6.92 Å². The first-order valence-electron chi connectivity index (χ1n) is 7.21. The van der Waals surface area contributed by atoms with Crippen LogP contribution in [0.15, 0.2) is 12.1 Å². The van der Waals surface area contributed by atoms with E-state index in [0.29, 0.717) is 18.5 Å². The number of esters is 1. The summed E-state index contributed by atoms with van der Waals surface area (Å²) >= 11 is 5.33. The van der Waals surface area contributed by atoms with E-state index in [2.05, 4.69) is 0 Å². The monoisotopic (exact) mass is 359 g/mol. The molecule has 0 spiro atoms. The van der Waals surface area contributed by atoms with E-state index in [1.54, 1.807) is 6.92 Å². The van der Waals surface area contributed by atoms with Crippen LogP contribution in [0.3, 0.4) is 0 Å². The van der Waals surface area contributed by atoms with Gasteiger partial charge in [-0.3, -0.25) is 25.0 Å². The highest BCUT2D eigenvalue weighted by Crippen LogP contribution is 2.38. The first-order valence-corrected chi connectivity index (χ1v) is 7.75. The summed E-state index contributed by atoms with van der Waals surface area (Å²) in [5, 5.41) is 22.7. The van der Waals surface area contributed by atoms with E-state index in [4.69, 9.17) is 16.3 Å². The molecule has 0 fully saturated rings. The molecule has 1 rings (SSSR count). The van der Waals surface area contributed by atoms with Crippen molar-refractivity contribution in [1.29, 1.82) is 0 Å². The molecule has 0 unspecified atom stereocenters. The Morgan fingerprint density at radius 2 is 1.75 bits per heavy atom. The number of anilines is 1. The van der Waals surface area contributed by atoms with Crippen LogP contribution in [0.5, 0.6) is 0 Å². The molecule has 0 saturated heterocycles. The predicted molar refractivity (Wildman–Crippen MR) is 88.7 cm³/mol. The van der Waals surface area contributed by atoms with Crippen molar-refractivity contribution in [2.24, 2.45) is 0 Å². The Kier molecular flexibility index (Phi) is 7.37. The fourth-order valence-electron chi connectivity index (χ4n) is 2.26. The Balaban J connectivity index is 3.26. The summed E-state index contributed by atoms with van der Waals surface area (Å²) in [4.78, 5) is 34.0. The Morgan fingerprint density at radius 1 is 1.21 bits per heavy atom. The molecule has 1 aromatic carbocycles. The second-order valence-electron chi connectivity index (χ2n) is 5.01. The number of carbonyl (C=O) groups is 1. The minimum Gasteiger partial charge on any atom is -0.463 e. The number of ether oxygens (including phenoxy) is 1. The first-order chi connectivity index (χ1) is 11.3. The van der Waals surface area contributed by atoms with Crippen LogP contribution < -0.4 is 4.90 Å². The van der Waals surface area contributed by atoms with Gasteiger partial charge >= 0.3 is 5.97 Å². The minimum atomic E-state index is -0.650. The van der Waals surface area contributed by atoms with E-state index in [-0.39, 0.29) is 36.1 Å². The molecule has 0 heterocycles. The summed E-state index contributed by atoms with van der Waals surface area (Å²) in [7, 11) is 0. The quantitative estimate of drug-likeness (QED) is 0.288. The van der Waals surface area contributed by atoms with Crippen LogP contribution in [-0.4, -0.2) is 41.4 Å². The summed E-state index contributed by atoms with van der Waals surface area (Å²) in [6, 6.07) is 2.57. The Labute approximate surface area is 143 Å². The molecule has 132 valence electrons. The van der Waals surface area contributed by atoms with Gasteiger partial charge in [-0.25, -0.2) is 0 Å². The molecule has 0 aromatic heterocycles. The zero-order chi connectivity index (χ0) is 18.3. The van der Waals surface area contributed by atoms with Crippen molar-refractivity contribution in [3.63, 3.8) is 0 Å². The molecule has 0 amide bonds. The lowest BCUT2D eigenvalue weighted by molar-refractivity contribution is -0.392. The molecule has 0 bridgehead atoms. The van der Waals surface area contributed by atoms with Gasteiger partial charge in [0.1, 0.15) is 12.5 Å². The smallest absolute Gasteiger partial charge is 0.320 e. The number of aryl methyl sites for hydroxylation is 1. The summed E-state index contributed by atoms with van der Waals surface area (Å²) in [5.74, 6) is -0.931. The van der Waals surface area contributed by atoms with Crippen LogP contribution in [-0.2, 0) is 9.53 Å². The third-order valence-electron chi connectivity index (χ3n) is 3.15. The maximum absolute atomic E-state index is 11.3.